The Bertz CT molecular complexity index is 1800. The lowest BCUT2D eigenvalue weighted by Gasteiger charge is -2.26. The highest BCUT2D eigenvalue weighted by atomic mass is 31.2. The van der Waals surface area contributed by atoms with E-state index in [-0.39, 0.29) is 29.0 Å². The number of fused-ring (bicyclic) bond motifs is 2. The van der Waals surface area contributed by atoms with Gasteiger partial charge < -0.3 is 44.8 Å². The second kappa shape index (κ2) is 11.9. The minimum absolute atomic E-state index is 0.0130. The number of aromatic nitrogens is 7. The minimum atomic E-state index is -5.04. The summed E-state index contributed by atoms with van der Waals surface area (Å²) in [5.41, 5.74) is 5.73. The summed E-state index contributed by atoms with van der Waals surface area (Å²) in [5, 5.41) is 32.1. The van der Waals surface area contributed by atoms with Gasteiger partial charge in [-0.25, -0.2) is 24.5 Å². The van der Waals surface area contributed by atoms with Crippen LogP contribution in [0, 0.1) is 5.92 Å². The zero-order valence-corrected chi connectivity index (χ0v) is 24.2. The first-order valence-electron chi connectivity index (χ1n) is 13.1. The Morgan fingerprint density at radius 1 is 1.16 bits per heavy atom. The first-order valence-corrected chi connectivity index (χ1v) is 15.7. The van der Waals surface area contributed by atoms with Gasteiger partial charge in [0.1, 0.15) is 36.1 Å². The summed E-state index contributed by atoms with van der Waals surface area (Å²) in [7, 11) is -8.29. The smallest absolute Gasteiger partial charge is 0.396 e. The van der Waals surface area contributed by atoms with Crippen LogP contribution in [-0.4, -0.2) is 103 Å². The molecule has 0 spiro atoms. The number of aromatic amines is 1. The van der Waals surface area contributed by atoms with Crippen LogP contribution in [0.1, 0.15) is 18.7 Å². The van der Waals surface area contributed by atoms with Crippen molar-refractivity contribution in [3.05, 3.63) is 41.6 Å². The number of nitrogens with one attached hydrogen (secondary N) is 1. The van der Waals surface area contributed by atoms with E-state index < -0.39 is 83.6 Å². The maximum absolute atomic E-state index is 13.2. The topological polar surface area (TPSA) is 293 Å². The summed E-state index contributed by atoms with van der Waals surface area (Å²) >= 11 is 0. The van der Waals surface area contributed by atoms with Crippen LogP contribution in [-0.2, 0) is 27.4 Å². The number of nitrogens with zero attached hydrogens (tertiary/aromatic N) is 6. The molecule has 8 N–H and O–H groups in total. The van der Waals surface area contributed by atoms with Gasteiger partial charge in [0.15, 0.2) is 23.5 Å². The first-order chi connectivity index (χ1) is 21.0. The van der Waals surface area contributed by atoms with Crippen LogP contribution < -0.4 is 11.3 Å². The predicted molar refractivity (Wildman–Crippen MR) is 146 cm³/mol. The van der Waals surface area contributed by atoms with Gasteiger partial charge in [-0.15, -0.1) is 9.42 Å². The van der Waals surface area contributed by atoms with E-state index in [0.717, 1.165) is 6.33 Å². The van der Waals surface area contributed by atoms with Crippen LogP contribution in [0.3, 0.4) is 0 Å². The summed E-state index contributed by atoms with van der Waals surface area (Å²) in [6, 6.07) is 0.672. The number of hydrogen-bond donors (Lipinski definition) is 7. The lowest BCUT2D eigenvalue weighted by atomic mass is 10.1. The molecule has 1 aliphatic carbocycles. The largest absolute Gasteiger partial charge is 0.695 e. The number of nitrogen functional groups attached to an aromatic ring is 1. The molecule has 10 atom stereocenters. The van der Waals surface area contributed by atoms with Gasteiger partial charge in [0.05, 0.1) is 36.8 Å². The van der Waals surface area contributed by atoms with Crippen molar-refractivity contribution in [1.29, 1.82) is 0 Å². The number of phosphoric acid groups is 1. The van der Waals surface area contributed by atoms with Gasteiger partial charge in [-0.2, -0.15) is 0 Å². The summed E-state index contributed by atoms with van der Waals surface area (Å²) in [4.78, 5) is 50.8. The molecule has 6 rings (SSSR count). The van der Waals surface area contributed by atoms with Crippen LogP contribution in [0.5, 0.6) is 0 Å². The fraction of sp³-hybridized carbons (Fsp3) is 0.500. The molecule has 0 aromatic carbocycles. The summed E-state index contributed by atoms with van der Waals surface area (Å²) in [6.07, 6.45) is -3.39. The fourth-order valence-electron chi connectivity index (χ4n) is 5.64. The molecule has 1 saturated heterocycles. The molecule has 4 aromatic rings. The molecule has 4 aromatic heterocycles. The standard InChI is InChI=1S/C22H26N8O12P2/c23-18-10-1-2-29(19(10)25-6-24-18)22-15(33)17(41-43(35)36)12(40-22)5-39-44(37,38)42-16-11(3-9(4-31)14(16)32)30-8-28-13-20(30)26-7-27-21(13)34/h1-2,6-9,11-12,14-17,22,31-33H,3-5H2,(H4-,23,24,25,26,27,34,35,36,37,38)/p+1. The highest BCUT2D eigenvalue weighted by Crippen LogP contribution is 2.51. The molecule has 2 aliphatic rings. The molecule has 22 heteroatoms. The molecule has 5 heterocycles. The zero-order valence-electron chi connectivity index (χ0n) is 22.4. The van der Waals surface area contributed by atoms with E-state index in [4.69, 9.17) is 24.0 Å². The molecular formula is C22H27N8O12P2+. The summed E-state index contributed by atoms with van der Waals surface area (Å²) in [6.45, 7) is -1.25. The van der Waals surface area contributed by atoms with Gasteiger partial charge in [0.25, 0.3) is 5.56 Å². The maximum Gasteiger partial charge on any atom is 0.695 e. The van der Waals surface area contributed by atoms with E-state index in [2.05, 4.69) is 24.9 Å². The number of ether oxygens (including phenoxy) is 1. The van der Waals surface area contributed by atoms with Gasteiger partial charge in [-0.05, 0) is 12.5 Å². The van der Waals surface area contributed by atoms with E-state index in [0.29, 0.717) is 5.39 Å². The number of rotatable bonds is 10. The Morgan fingerprint density at radius 3 is 2.70 bits per heavy atom. The van der Waals surface area contributed by atoms with E-state index in [1.165, 1.54) is 28.0 Å². The lowest BCUT2D eigenvalue weighted by molar-refractivity contribution is -0.0558. The first kappa shape index (κ1) is 30.8. The molecule has 2 fully saturated rings. The molecule has 236 valence electrons. The van der Waals surface area contributed by atoms with Crippen LogP contribution in [0.2, 0.25) is 0 Å². The fourth-order valence-corrected chi connectivity index (χ4v) is 7.08. The number of imidazole rings is 1. The average molecular weight is 657 g/mol. The number of aliphatic hydroxyl groups excluding tert-OH is 3. The second-order valence-corrected chi connectivity index (χ2v) is 12.3. The van der Waals surface area contributed by atoms with E-state index in [1.54, 1.807) is 6.07 Å². The molecule has 0 bridgehead atoms. The Morgan fingerprint density at radius 2 is 1.95 bits per heavy atom. The number of H-pyrrole nitrogens is 1. The molecule has 0 radical (unpaired) electrons. The van der Waals surface area contributed by atoms with Crippen LogP contribution in [0.25, 0.3) is 22.2 Å². The number of hydrogen-bond acceptors (Lipinski definition) is 15. The minimum Gasteiger partial charge on any atom is -0.396 e. The van der Waals surface area contributed by atoms with E-state index in [1.807, 2.05) is 0 Å². The number of aliphatic hydroxyl groups is 3. The Labute approximate surface area is 246 Å². The van der Waals surface area contributed by atoms with Crippen molar-refractivity contribution >= 4 is 44.1 Å². The molecular weight excluding hydrogens is 630 g/mol. The summed E-state index contributed by atoms with van der Waals surface area (Å²) in [5.74, 6) is -0.612. The van der Waals surface area contributed by atoms with E-state index in [9.17, 15) is 39.0 Å². The highest BCUT2D eigenvalue weighted by molar-refractivity contribution is 7.47. The molecule has 0 amide bonds. The third-order valence-electron chi connectivity index (χ3n) is 7.69. The Balaban J connectivity index is 1.22. The average Bonchev–Trinajstić information content (AvgIpc) is 3.74. The van der Waals surface area contributed by atoms with Crippen LogP contribution in [0.15, 0.2) is 36.0 Å². The third-order valence-corrected chi connectivity index (χ3v) is 9.10. The zero-order chi connectivity index (χ0) is 31.3. The predicted octanol–water partition coefficient (Wildman–Crippen LogP) is -1.14. The van der Waals surface area contributed by atoms with Gasteiger partial charge in [-0.1, -0.05) is 0 Å². The van der Waals surface area contributed by atoms with Crippen LogP contribution in [0.4, 0.5) is 5.82 Å². The van der Waals surface area contributed by atoms with Crippen molar-refractivity contribution in [2.24, 2.45) is 5.92 Å². The van der Waals surface area contributed by atoms with Crippen molar-refractivity contribution < 1.29 is 52.5 Å². The van der Waals surface area contributed by atoms with E-state index >= 15 is 0 Å². The number of phosphoric ester groups is 1. The second-order valence-electron chi connectivity index (χ2n) is 10.2. The summed E-state index contributed by atoms with van der Waals surface area (Å²) < 4.78 is 48.9. The van der Waals surface area contributed by atoms with Crippen molar-refractivity contribution in [3.8, 4) is 0 Å². The van der Waals surface area contributed by atoms with Gasteiger partial charge >= 0.3 is 16.1 Å². The number of nitrogens with two attached hydrogens (primary N) is 1. The third kappa shape index (κ3) is 5.55. The van der Waals surface area contributed by atoms with Crippen LogP contribution >= 0.6 is 16.1 Å². The maximum atomic E-state index is 13.2. The molecule has 1 saturated carbocycles. The highest BCUT2D eigenvalue weighted by Gasteiger charge is 2.52. The molecule has 44 heavy (non-hydrogen) atoms. The van der Waals surface area contributed by atoms with Gasteiger partial charge in [0.2, 0.25) is 0 Å². The normalized spacial score (nSPS) is 30.7. The van der Waals surface area contributed by atoms with Crippen molar-refractivity contribution in [3.63, 3.8) is 0 Å². The van der Waals surface area contributed by atoms with Gasteiger partial charge in [-0.3, -0.25) is 13.8 Å². The monoisotopic (exact) mass is 657 g/mol. The quantitative estimate of drug-likeness (QED) is 0.0991. The number of anilines is 1. The molecule has 10 unspecified atom stereocenters. The lowest BCUT2D eigenvalue weighted by Crippen LogP contribution is -2.35. The molecule has 1 aliphatic heterocycles. The Kier molecular flexibility index (Phi) is 8.33. The van der Waals surface area contributed by atoms with Gasteiger partial charge in [0, 0.05) is 23.3 Å². The SMILES string of the molecule is Nc1ncnc2c1ccn2C1OC(COP(=O)(O)OC2C(O)C(CO)CC2n2cnc3c(=O)[nH]cnc32)C(O[P+](=O)O)C1O. The van der Waals surface area contributed by atoms with Crippen molar-refractivity contribution in [1.82, 2.24) is 34.1 Å². The Hall–Kier alpha value is -3.26. The van der Waals surface area contributed by atoms with Crippen molar-refractivity contribution in [2.45, 2.75) is 49.2 Å². The molecule has 20 nitrogen and oxygen atoms in total. The van der Waals surface area contributed by atoms with Crippen molar-refractivity contribution in [2.75, 3.05) is 18.9 Å².